The third-order valence-electron chi connectivity index (χ3n) is 3.34. The Morgan fingerprint density at radius 3 is 2.16 bits per heavy atom. The molecule has 0 aliphatic heterocycles. The Hall–Kier alpha value is -1.25. The van der Waals surface area contributed by atoms with Crippen molar-refractivity contribution in [3.8, 4) is 0 Å². The van der Waals surface area contributed by atoms with E-state index in [4.69, 9.17) is 23.2 Å². The molecule has 0 bridgehead atoms. The number of halogens is 4. The fraction of sp³-hybridized carbons (Fsp3) is 0.250. The molecule has 1 atom stereocenters. The van der Waals surface area contributed by atoms with Gasteiger partial charge in [0.15, 0.2) is 0 Å². The quantitative estimate of drug-likeness (QED) is 0.789. The number of likely N-dealkylation sites (N-methyl/N-ethyl adjacent to an activating group) is 1. The van der Waals surface area contributed by atoms with E-state index in [1.165, 1.54) is 0 Å². The van der Waals surface area contributed by atoms with Gasteiger partial charge in [0.25, 0.3) is 0 Å². The molecule has 0 saturated heterocycles. The maximum Gasteiger partial charge on any atom is 0.241 e. The van der Waals surface area contributed by atoms with Crippen LogP contribution in [0.15, 0.2) is 41.3 Å². The molecular formula is C16H16Cl2F2N2O2S. The maximum atomic E-state index is 13.4. The lowest BCUT2D eigenvalue weighted by molar-refractivity contribution is 0.363. The van der Waals surface area contributed by atoms with E-state index < -0.39 is 32.6 Å². The average Bonchev–Trinajstić information content (AvgIpc) is 2.47. The van der Waals surface area contributed by atoms with Crippen molar-refractivity contribution in [2.24, 2.45) is 0 Å². The van der Waals surface area contributed by atoms with Crippen molar-refractivity contribution in [2.45, 2.75) is 10.9 Å². The first-order valence-electron chi connectivity index (χ1n) is 7.16. The van der Waals surface area contributed by atoms with Crippen LogP contribution in [0.25, 0.3) is 0 Å². The minimum Gasteiger partial charge on any atom is -0.307 e. The van der Waals surface area contributed by atoms with Gasteiger partial charge >= 0.3 is 0 Å². The number of hydrogen-bond acceptors (Lipinski definition) is 3. The lowest BCUT2D eigenvalue weighted by Gasteiger charge is -2.23. The van der Waals surface area contributed by atoms with Gasteiger partial charge in [-0.2, -0.15) is 0 Å². The highest BCUT2D eigenvalue weighted by molar-refractivity contribution is 7.89. The van der Waals surface area contributed by atoms with Crippen LogP contribution in [-0.4, -0.2) is 34.0 Å². The molecule has 0 aliphatic carbocycles. The molecule has 4 nitrogen and oxygen atoms in total. The lowest BCUT2D eigenvalue weighted by atomic mass is 10.1. The van der Waals surface area contributed by atoms with Gasteiger partial charge in [-0.15, -0.1) is 0 Å². The smallest absolute Gasteiger partial charge is 0.241 e. The fourth-order valence-corrected chi connectivity index (χ4v) is 3.81. The predicted octanol–water partition coefficient (Wildman–Crippen LogP) is 3.85. The summed E-state index contributed by atoms with van der Waals surface area (Å²) < 4.78 is 54.2. The normalized spacial score (nSPS) is 13.2. The molecule has 2 aromatic carbocycles. The van der Waals surface area contributed by atoms with Crippen LogP contribution in [0.3, 0.4) is 0 Å². The minimum absolute atomic E-state index is 0.277. The summed E-state index contributed by atoms with van der Waals surface area (Å²) in [5.74, 6) is -1.95. The number of nitrogens with one attached hydrogen (secondary N) is 1. The van der Waals surface area contributed by atoms with Gasteiger partial charge in [0.1, 0.15) is 11.6 Å². The van der Waals surface area contributed by atoms with Gasteiger partial charge in [-0.25, -0.2) is 21.9 Å². The molecule has 136 valence electrons. The van der Waals surface area contributed by atoms with Crippen LogP contribution in [0.1, 0.15) is 11.6 Å². The molecule has 9 heteroatoms. The van der Waals surface area contributed by atoms with Crippen LogP contribution in [0, 0.1) is 11.6 Å². The first kappa shape index (κ1) is 20.1. The van der Waals surface area contributed by atoms with E-state index in [9.17, 15) is 17.2 Å². The largest absolute Gasteiger partial charge is 0.307 e. The van der Waals surface area contributed by atoms with Crippen LogP contribution < -0.4 is 4.72 Å². The molecule has 1 N–H and O–H groups in total. The van der Waals surface area contributed by atoms with E-state index in [2.05, 4.69) is 4.72 Å². The van der Waals surface area contributed by atoms with Crippen molar-refractivity contribution in [1.29, 1.82) is 0 Å². The Bertz CT molecular complexity index is 856. The molecular weight excluding hydrogens is 393 g/mol. The Morgan fingerprint density at radius 1 is 1.04 bits per heavy atom. The molecule has 2 rings (SSSR count). The third-order valence-corrected chi connectivity index (χ3v) is 5.53. The highest BCUT2D eigenvalue weighted by atomic mass is 35.5. The molecule has 0 unspecified atom stereocenters. The van der Waals surface area contributed by atoms with Gasteiger partial charge in [-0.1, -0.05) is 29.3 Å². The summed E-state index contributed by atoms with van der Waals surface area (Å²) in [7, 11) is -0.625. The van der Waals surface area contributed by atoms with Crippen molar-refractivity contribution in [1.82, 2.24) is 9.62 Å². The minimum atomic E-state index is -4.15. The van der Waals surface area contributed by atoms with Gasteiger partial charge in [0.05, 0.1) is 21.0 Å². The van der Waals surface area contributed by atoms with Crippen molar-refractivity contribution in [2.75, 3.05) is 20.6 Å². The number of sulfonamides is 1. The standard InChI is InChI=1S/C16H16Cl2F2N2O2S/c1-22(2)9-16(10-3-4-14(17)15(18)5-10)21-25(23,24)13-7-11(19)6-12(20)8-13/h3-8,16,21H,9H2,1-2H3/t16-/m1/s1. The Morgan fingerprint density at radius 2 is 1.64 bits per heavy atom. The maximum absolute atomic E-state index is 13.4. The summed E-state index contributed by atoms with van der Waals surface area (Å²) in [6.07, 6.45) is 0. The Balaban J connectivity index is 2.39. The van der Waals surface area contributed by atoms with Crippen LogP contribution in [0.2, 0.25) is 10.0 Å². The second kappa shape index (κ2) is 7.97. The fourth-order valence-electron chi connectivity index (χ4n) is 2.24. The topological polar surface area (TPSA) is 49.4 Å². The Kier molecular flexibility index (Phi) is 6.40. The monoisotopic (exact) mass is 408 g/mol. The number of rotatable bonds is 6. The van der Waals surface area contributed by atoms with Crippen molar-refractivity contribution >= 4 is 33.2 Å². The number of benzene rings is 2. The first-order chi connectivity index (χ1) is 11.6. The molecule has 0 aromatic heterocycles. The predicted molar refractivity (Wildman–Crippen MR) is 94.4 cm³/mol. The molecule has 0 radical (unpaired) electrons. The summed E-state index contributed by atoms with van der Waals surface area (Å²) in [6, 6.07) is 6.16. The molecule has 0 fully saturated rings. The van der Waals surface area contributed by atoms with Crippen molar-refractivity contribution < 1.29 is 17.2 Å². The molecule has 0 spiro atoms. The van der Waals surface area contributed by atoms with Gasteiger partial charge < -0.3 is 4.90 Å². The van der Waals surface area contributed by atoms with E-state index in [0.717, 1.165) is 12.1 Å². The van der Waals surface area contributed by atoms with Crippen molar-refractivity contribution in [3.05, 3.63) is 63.6 Å². The van der Waals surface area contributed by atoms with E-state index in [0.29, 0.717) is 23.2 Å². The third kappa shape index (κ3) is 5.36. The summed E-state index contributed by atoms with van der Waals surface area (Å²) in [5, 5.41) is 0.614. The molecule has 0 amide bonds. The molecule has 0 heterocycles. The summed E-state index contributed by atoms with van der Waals surface area (Å²) in [5.41, 5.74) is 0.573. The second-order valence-electron chi connectivity index (χ2n) is 5.71. The second-order valence-corrected chi connectivity index (χ2v) is 8.24. The van der Waals surface area contributed by atoms with Gasteiger partial charge in [-0.05, 0) is 43.9 Å². The summed E-state index contributed by atoms with van der Waals surface area (Å²) >= 11 is 11.9. The molecule has 2 aromatic rings. The molecule has 0 aliphatic rings. The van der Waals surface area contributed by atoms with Crippen LogP contribution in [0.4, 0.5) is 8.78 Å². The van der Waals surface area contributed by atoms with E-state index in [1.807, 2.05) is 0 Å². The van der Waals surface area contributed by atoms with Crippen LogP contribution in [0.5, 0.6) is 0 Å². The highest BCUT2D eigenvalue weighted by Gasteiger charge is 2.23. The molecule has 0 saturated carbocycles. The van der Waals surface area contributed by atoms with E-state index in [1.54, 1.807) is 37.2 Å². The zero-order valence-corrected chi connectivity index (χ0v) is 15.8. The molecule has 25 heavy (non-hydrogen) atoms. The number of nitrogens with zero attached hydrogens (tertiary/aromatic N) is 1. The van der Waals surface area contributed by atoms with Crippen LogP contribution in [-0.2, 0) is 10.0 Å². The van der Waals surface area contributed by atoms with Gasteiger partial charge in [0.2, 0.25) is 10.0 Å². The van der Waals surface area contributed by atoms with Crippen molar-refractivity contribution in [3.63, 3.8) is 0 Å². The first-order valence-corrected chi connectivity index (χ1v) is 9.40. The van der Waals surface area contributed by atoms with Gasteiger partial charge in [0, 0.05) is 12.6 Å². The lowest BCUT2D eigenvalue weighted by Crippen LogP contribution is -2.35. The van der Waals surface area contributed by atoms with E-state index >= 15 is 0 Å². The highest BCUT2D eigenvalue weighted by Crippen LogP contribution is 2.27. The Labute approximate surface area is 155 Å². The number of hydrogen-bond donors (Lipinski definition) is 1. The summed E-state index contributed by atoms with van der Waals surface area (Å²) in [6.45, 7) is 0.301. The zero-order chi connectivity index (χ0) is 18.8. The summed E-state index contributed by atoms with van der Waals surface area (Å²) in [4.78, 5) is 1.27. The zero-order valence-electron chi connectivity index (χ0n) is 13.4. The average molecular weight is 409 g/mol. The van der Waals surface area contributed by atoms with Gasteiger partial charge in [-0.3, -0.25) is 0 Å². The van der Waals surface area contributed by atoms with E-state index in [-0.39, 0.29) is 5.02 Å². The van der Waals surface area contributed by atoms with Crippen LogP contribution >= 0.6 is 23.2 Å². The SMILES string of the molecule is CN(C)C[C@@H](NS(=O)(=O)c1cc(F)cc(F)c1)c1ccc(Cl)c(Cl)c1.